The average Bonchev–Trinajstić information content (AvgIpc) is 2.98. The van der Waals surface area contributed by atoms with E-state index >= 15 is 0 Å². The number of furan rings is 1. The number of hydrogen-bond acceptors (Lipinski definition) is 4. The monoisotopic (exact) mass is 341 g/mol. The van der Waals surface area contributed by atoms with Gasteiger partial charge in [-0.15, -0.1) is 0 Å². The van der Waals surface area contributed by atoms with Gasteiger partial charge < -0.3 is 14.6 Å². The molecule has 2 aromatic rings. The number of carbonyl (C=O) groups excluding carboxylic acids is 2. The molecule has 3 rings (SSSR count). The van der Waals surface area contributed by atoms with E-state index in [9.17, 15) is 9.59 Å². The summed E-state index contributed by atoms with van der Waals surface area (Å²) in [4.78, 5) is 31.4. The molecule has 1 saturated heterocycles. The molecule has 6 heteroatoms. The lowest BCUT2D eigenvalue weighted by Crippen LogP contribution is -2.51. The van der Waals surface area contributed by atoms with Crippen LogP contribution >= 0.6 is 0 Å². The molecule has 1 aliphatic heterocycles. The largest absolute Gasteiger partial charge is 0.466 e. The van der Waals surface area contributed by atoms with Crippen LogP contribution in [0.5, 0.6) is 0 Å². The molecule has 1 aliphatic rings. The van der Waals surface area contributed by atoms with Crippen LogP contribution < -0.4 is 5.32 Å². The number of aryl methyl sites for hydroxylation is 2. The number of likely N-dealkylation sites (tertiary alicyclic amines) is 1. The normalized spacial score (nSPS) is 17.4. The average molecular weight is 341 g/mol. The van der Waals surface area contributed by atoms with Gasteiger partial charge in [0.2, 0.25) is 5.91 Å². The predicted molar refractivity (Wildman–Crippen MR) is 92.9 cm³/mol. The summed E-state index contributed by atoms with van der Waals surface area (Å²) in [5.41, 5.74) is 1.34. The van der Waals surface area contributed by atoms with Gasteiger partial charge in [-0.3, -0.25) is 14.6 Å². The van der Waals surface area contributed by atoms with Gasteiger partial charge in [-0.2, -0.15) is 0 Å². The Bertz CT molecular complexity index is 755. The number of nitrogens with one attached hydrogen (secondary N) is 1. The van der Waals surface area contributed by atoms with E-state index in [0.29, 0.717) is 36.6 Å². The van der Waals surface area contributed by atoms with Crippen LogP contribution in [-0.4, -0.2) is 34.3 Å². The lowest BCUT2D eigenvalue weighted by Gasteiger charge is -2.34. The molecule has 25 heavy (non-hydrogen) atoms. The third-order valence-electron chi connectivity index (χ3n) is 4.51. The number of hydrogen-bond donors (Lipinski definition) is 1. The molecule has 0 radical (unpaired) electrons. The highest BCUT2D eigenvalue weighted by molar-refractivity contribution is 5.98. The van der Waals surface area contributed by atoms with Gasteiger partial charge in [0.05, 0.1) is 17.8 Å². The molecule has 0 aliphatic carbocycles. The van der Waals surface area contributed by atoms with Crippen LogP contribution in [0.4, 0.5) is 0 Å². The first-order valence-corrected chi connectivity index (χ1v) is 8.62. The fraction of sp³-hybridized carbons (Fsp3) is 0.421. The van der Waals surface area contributed by atoms with Crippen molar-refractivity contribution >= 4 is 11.8 Å². The summed E-state index contributed by atoms with van der Waals surface area (Å²) in [7, 11) is 0. The highest BCUT2D eigenvalue weighted by Crippen LogP contribution is 2.23. The molecule has 3 heterocycles. The Kier molecular flexibility index (Phi) is 5.16. The minimum absolute atomic E-state index is 0.128. The zero-order valence-corrected chi connectivity index (χ0v) is 14.6. The number of aromatic nitrogens is 1. The molecule has 0 spiro atoms. The maximum Gasteiger partial charge on any atom is 0.258 e. The molecular weight excluding hydrogens is 318 g/mol. The van der Waals surface area contributed by atoms with Crippen LogP contribution in [0.1, 0.15) is 46.8 Å². The number of nitrogens with zero attached hydrogens (tertiary/aromatic N) is 2. The summed E-state index contributed by atoms with van der Waals surface area (Å²) in [5.74, 6) is 1.04. The van der Waals surface area contributed by atoms with E-state index in [4.69, 9.17) is 4.42 Å². The Morgan fingerprint density at radius 1 is 1.32 bits per heavy atom. The number of amides is 2. The maximum atomic E-state index is 12.9. The smallest absolute Gasteiger partial charge is 0.258 e. The highest BCUT2D eigenvalue weighted by atomic mass is 16.3. The summed E-state index contributed by atoms with van der Waals surface area (Å²) in [6.07, 6.45) is 4.22. The van der Waals surface area contributed by atoms with Crippen LogP contribution in [-0.2, 0) is 11.3 Å². The minimum Gasteiger partial charge on any atom is -0.466 e. The van der Waals surface area contributed by atoms with Gasteiger partial charge in [0.15, 0.2) is 0 Å². The molecule has 2 aromatic heterocycles. The fourth-order valence-corrected chi connectivity index (χ4v) is 3.24. The van der Waals surface area contributed by atoms with Crippen molar-refractivity contribution in [2.45, 2.75) is 45.7 Å². The number of rotatable bonds is 4. The molecule has 1 N–H and O–H groups in total. The van der Waals surface area contributed by atoms with E-state index in [-0.39, 0.29) is 11.8 Å². The van der Waals surface area contributed by atoms with E-state index < -0.39 is 6.04 Å². The molecule has 6 nitrogen and oxygen atoms in total. The molecule has 2 amide bonds. The van der Waals surface area contributed by atoms with Crippen LogP contribution in [0, 0.1) is 13.8 Å². The first-order chi connectivity index (χ1) is 12.1. The van der Waals surface area contributed by atoms with Crippen molar-refractivity contribution in [2.75, 3.05) is 6.54 Å². The molecule has 0 bridgehead atoms. The van der Waals surface area contributed by atoms with E-state index in [1.165, 1.54) is 0 Å². The van der Waals surface area contributed by atoms with Crippen molar-refractivity contribution in [3.63, 3.8) is 0 Å². The van der Waals surface area contributed by atoms with Crippen LogP contribution in [0.25, 0.3) is 0 Å². The Labute approximate surface area is 147 Å². The summed E-state index contributed by atoms with van der Waals surface area (Å²) in [6.45, 7) is 4.55. The van der Waals surface area contributed by atoms with Crippen LogP contribution in [0.3, 0.4) is 0 Å². The Morgan fingerprint density at radius 2 is 2.16 bits per heavy atom. The molecule has 1 atom stereocenters. The second-order valence-corrected chi connectivity index (χ2v) is 6.38. The van der Waals surface area contributed by atoms with Crippen LogP contribution in [0.2, 0.25) is 0 Å². The van der Waals surface area contributed by atoms with Gasteiger partial charge in [-0.1, -0.05) is 6.07 Å². The summed E-state index contributed by atoms with van der Waals surface area (Å²) >= 11 is 0. The maximum absolute atomic E-state index is 12.9. The molecule has 0 unspecified atom stereocenters. The number of carbonyl (C=O) groups is 2. The Balaban J connectivity index is 1.70. The van der Waals surface area contributed by atoms with Gasteiger partial charge in [-0.05, 0) is 51.3 Å². The lowest BCUT2D eigenvalue weighted by atomic mass is 10.00. The van der Waals surface area contributed by atoms with Gasteiger partial charge >= 0.3 is 0 Å². The lowest BCUT2D eigenvalue weighted by molar-refractivity contribution is -0.126. The van der Waals surface area contributed by atoms with E-state index in [2.05, 4.69) is 10.3 Å². The van der Waals surface area contributed by atoms with Crippen molar-refractivity contribution < 1.29 is 14.0 Å². The minimum atomic E-state index is -0.445. The summed E-state index contributed by atoms with van der Waals surface area (Å²) in [6, 6.07) is 6.88. The zero-order valence-electron chi connectivity index (χ0n) is 14.6. The van der Waals surface area contributed by atoms with Gasteiger partial charge in [-0.25, -0.2) is 0 Å². The van der Waals surface area contributed by atoms with E-state index in [1.54, 1.807) is 24.1 Å². The van der Waals surface area contributed by atoms with Gasteiger partial charge in [0.1, 0.15) is 17.6 Å². The third-order valence-corrected chi connectivity index (χ3v) is 4.51. The quantitative estimate of drug-likeness (QED) is 0.927. The second-order valence-electron chi connectivity index (χ2n) is 6.38. The van der Waals surface area contributed by atoms with Crippen molar-refractivity contribution in [2.24, 2.45) is 0 Å². The molecule has 0 aromatic carbocycles. The zero-order chi connectivity index (χ0) is 17.8. The first-order valence-electron chi connectivity index (χ1n) is 8.62. The van der Waals surface area contributed by atoms with Crippen molar-refractivity contribution in [1.29, 1.82) is 0 Å². The first kappa shape index (κ1) is 17.2. The van der Waals surface area contributed by atoms with Gasteiger partial charge in [0.25, 0.3) is 5.91 Å². The number of piperidine rings is 1. The number of pyridine rings is 1. The summed E-state index contributed by atoms with van der Waals surface area (Å²) in [5, 5.41) is 2.91. The van der Waals surface area contributed by atoms with Crippen molar-refractivity contribution in [3.05, 3.63) is 53.2 Å². The standard InChI is InChI=1S/C19H23N3O3/c1-13-11-16(14(2)25-13)19(24)22-10-6-4-8-17(22)18(23)21-12-15-7-3-5-9-20-15/h3,5,7,9,11,17H,4,6,8,10,12H2,1-2H3,(H,21,23)/t17-/m0/s1. The molecule has 1 fully saturated rings. The van der Waals surface area contributed by atoms with Crippen molar-refractivity contribution in [3.8, 4) is 0 Å². The van der Waals surface area contributed by atoms with E-state index in [0.717, 1.165) is 18.5 Å². The Hall–Kier alpha value is -2.63. The molecular formula is C19H23N3O3. The Morgan fingerprint density at radius 3 is 2.84 bits per heavy atom. The third kappa shape index (κ3) is 3.90. The fourth-order valence-electron chi connectivity index (χ4n) is 3.24. The highest BCUT2D eigenvalue weighted by Gasteiger charge is 2.33. The second kappa shape index (κ2) is 7.51. The molecule has 0 saturated carbocycles. The summed E-state index contributed by atoms with van der Waals surface area (Å²) < 4.78 is 5.47. The van der Waals surface area contributed by atoms with Crippen LogP contribution in [0.15, 0.2) is 34.9 Å². The van der Waals surface area contributed by atoms with E-state index in [1.807, 2.05) is 25.1 Å². The topological polar surface area (TPSA) is 75.4 Å². The van der Waals surface area contributed by atoms with Crippen molar-refractivity contribution in [1.82, 2.24) is 15.2 Å². The SMILES string of the molecule is Cc1cc(C(=O)N2CCCC[C@H]2C(=O)NCc2ccccn2)c(C)o1. The predicted octanol–water partition coefficient (Wildman–Crippen LogP) is 2.60. The molecule has 132 valence electrons. The van der Waals surface area contributed by atoms with Gasteiger partial charge in [0, 0.05) is 12.7 Å².